The van der Waals surface area contributed by atoms with Gasteiger partial charge in [-0.3, -0.25) is 0 Å². The van der Waals surface area contributed by atoms with Crippen molar-refractivity contribution in [2.24, 2.45) is 11.3 Å². The minimum absolute atomic E-state index is 0.0119. The number of hydrogen-bond acceptors (Lipinski definition) is 1. The van der Waals surface area contributed by atoms with Crippen LogP contribution in [0.15, 0.2) is 0 Å². The summed E-state index contributed by atoms with van der Waals surface area (Å²) in [5.74, 6) is 0.558. The van der Waals surface area contributed by atoms with Gasteiger partial charge in [0, 0.05) is 0 Å². The van der Waals surface area contributed by atoms with Gasteiger partial charge in [-0.05, 0) is 37.0 Å². The Balaban J connectivity index is 2.09. The maximum Gasteiger partial charge on any atom is 0.0621 e. The largest absolute Gasteiger partial charge is 0.392 e. The van der Waals surface area contributed by atoms with E-state index in [0.29, 0.717) is 11.3 Å². The lowest BCUT2D eigenvalue weighted by Gasteiger charge is -2.37. The van der Waals surface area contributed by atoms with Gasteiger partial charge in [0.05, 0.1) is 6.10 Å². The molecule has 1 heteroatoms. The Kier molecular flexibility index (Phi) is 2.16. The third-order valence-corrected chi connectivity index (χ3v) is 4.11. The first-order valence-electron chi connectivity index (χ1n) is 5.43. The first kappa shape index (κ1) is 8.55. The molecule has 2 fully saturated rings. The quantitative estimate of drug-likeness (QED) is 0.589. The summed E-state index contributed by atoms with van der Waals surface area (Å²) in [6.07, 6.45) is 9.22. The monoisotopic (exact) mass is 168 g/mol. The molecule has 1 spiro atoms. The highest BCUT2D eigenvalue weighted by atomic mass is 16.3. The lowest BCUT2D eigenvalue weighted by atomic mass is 9.71. The topological polar surface area (TPSA) is 20.2 Å². The molecule has 2 aliphatic rings. The average Bonchev–Trinajstić information content (AvgIpc) is 2.37. The fraction of sp³-hybridized carbons (Fsp3) is 1.00. The van der Waals surface area contributed by atoms with E-state index in [4.69, 9.17) is 0 Å². The SMILES string of the molecule is C[C@@H]1CCC2(CCCCC2)[C@H]1O. The molecule has 0 amide bonds. The molecule has 0 aromatic carbocycles. The van der Waals surface area contributed by atoms with Crippen molar-refractivity contribution in [2.45, 2.75) is 58.0 Å². The summed E-state index contributed by atoms with van der Waals surface area (Å²) in [6, 6.07) is 0. The van der Waals surface area contributed by atoms with E-state index in [0.717, 1.165) is 0 Å². The Hall–Kier alpha value is -0.0400. The van der Waals surface area contributed by atoms with Crippen molar-refractivity contribution in [3.05, 3.63) is 0 Å². The predicted octanol–water partition coefficient (Wildman–Crippen LogP) is 2.73. The molecule has 0 unspecified atom stereocenters. The van der Waals surface area contributed by atoms with E-state index >= 15 is 0 Å². The molecule has 0 heterocycles. The fourth-order valence-electron chi connectivity index (χ4n) is 3.23. The first-order chi connectivity index (χ1) is 5.75. The summed E-state index contributed by atoms with van der Waals surface area (Å²) in [7, 11) is 0. The van der Waals surface area contributed by atoms with Gasteiger partial charge in [-0.2, -0.15) is 0 Å². The van der Waals surface area contributed by atoms with Gasteiger partial charge >= 0.3 is 0 Å². The Morgan fingerprint density at radius 1 is 1.08 bits per heavy atom. The highest BCUT2D eigenvalue weighted by Gasteiger charge is 2.45. The number of rotatable bonds is 0. The molecule has 2 rings (SSSR count). The van der Waals surface area contributed by atoms with Gasteiger partial charge in [0.15, 0.2) is 0 Å². The lowest BCUT2D eigenvalue weighted by molar-refractivity contribution is 0.00309. The van der Waals surface area contributed by atoms with Crippen molar-refractivity contribution in [1.82, 2.24) is 0 Å². The minimum atomic E-state index is 0.0119. The van der Waals surface area contributed by atoms with E-state index in [1.807, 2.05) is 0 Å². The highest BCUT2D eigenvalue weighted by Crippen LogP contribution is 2.51. The van der Waals surface area contributed by atoms with Gasteiger partial charge in [0.1, 0.15) is 0 Å². The summed E-state index contributed by atoms with van der Waals surface area (Å²) >= 11 is 0. The number of aliphatic hydroxyl groups is 1. The van der Waals surface area contributed by atoms with Gasteiger partial charge in [-0.1, -0.05) is 26.2 Å². The molecule has 2 atom stereocenters. The molecule has 0 radical (unpaired) electrons. The molecule has 1 nitrogen and oxygen atoms in total. The lowest BCUT2D eigenvalue weighted by Crippen LogP contribution is -2.34. The second-order valence-corrected chi connectivity index (χ2v) is 4.88. The predicted molar refractivity (Wildman–Crippen MR) is 49.9 cm³/mol. The van der Waals surface area contributed by atoms with Gasteiger partial charge in [-0.15, -0.1) is 0 Å². The van der Waals surface area contributed by atoms with E-state index in [9.17, 15) is 5.11 Å². The van der Waals surface area contributed by atoms with Crippen molar-refractivity contribution < 1.29 is 5.11 Å². The molecule has 0 aromatic rings. The van der Waals surface area contributed by atoms with E-state index in [2.05, 4.69) is 6.92 Å². The van der Waals surface area contributed by atoms with Crippen LogP contribution in [0.2, 0.25) is 0 Å². The van der Waals surface area contributed by atoms with E-state index in [1.54, 1.807) is 0 Å². The first-order valence-corrected chi connectivity index (χ1v) is 5.43. The third kappa shape index (κ3) is 1.19. The zero-order valence-corrected chi connectivity index (χ0v) is 8.05. The molecule has 12 heavy (non-hydrogen) atoms. The summed E-state index contributed by atoms with van der Waals surface area (Å²) < 4.78 is 0. The van der Waals surface area contributed by atoms with Gasteiger partial charge in [0.25, 0.3) is 0 Å². The van der Waals surface area contributed by atoms with Crippen LogP contribution in [0, 0.1) is 11.3 Å². The molecule has 0 aliphatic heterocycles. The van der Waals surface area contributed by atoms with Crippen molar-refractivity contribution in [3.8, 4) is 0 Å². The van der Waals surface area contributed by atoms with E-state index in [1.165, 1.54) is 44.9 Å². The number of hydrogen-bond donors (Lipinski definition) is 1. The van der Waals surface area contributed by atoms with Crippen molar-refractivity contribution >= 4 is 0 Å². The highest BCUT2D eigenvalue weighted by molar-refractivity contribution is 4.96. The van der Waals surface area contributed by atoms with Crippen LogP contribution in [-0.4, -0.2) is 11.2 Å². The normalized spacial score (nSPS) is 40.5. The van der Waals surface area contributed by atoms with Crippen molar-refractivity contribution in [2.75, 3.05) is 0 Å². The second-order valence-electron chi connectivity index (χ2n) is 4.88. The van der Waals surface area contributed by atoms with Crippen LogP contribution in [0.4, 0.5) is 0 Å². The van der Waals surface area contributed by atoms with E-state index in [-0.39, 0.29) is 6.10 Å². The molecule has 1 N–H and O–H groups in total. The van der Waals surface area contributed by atoms with Crippen molar-refractivity contribution in [3.63, 3.8) is 0 Å². The Labute approximate surface area is 75.2 Å². The van der Waals surface area contributed by atoms with Gasteiger partial charge in [0.2, 0.25) is 0 Å². The molecular formula is C11H20O. The molecule has 0 bridgehead atoms. The molecule has 70 valence electrons. The molecule has 0 saturated heterocycles. The zero-order chi connectivity index (χ0) is 8.60. The molecular weight excluding hydrogens is 148 g/mol. The van der Waals surface area contributed by atoms with Crippen LogP contribution in [0.3, 0.4) is 0 Å². The minimum Gasteiger partial charge on any atom is -0.392 e. The van der Waals surface area contributed by atoms with E-state index < -0.39 is 0 Å². The summed E-state index contributed by atoms with van der Waals surface area (Å²) in [6.45, 7) is 2.20. The van der Waals surface area contributed by atoms with Crippen LogP contribution < -0.4 is 0 Å². The third-order valence-electron chi connectivity index (χ3n) is 4.11. The second kappa shape index (κ2) is 3.02. The smallest absolute Gasteiger partial charge is 0.0621 e. The fourth-order valence-corrected chi connectivity index (χ4v) is 3.23. The Morgan fingerprint density at radius 3 is 2.25 bits per heavy atom. The Morgan fingerprint density at radius 2 is 1.75 bits per heavy atom. The number of aliphatic hydroxyl groups excluding tert-OH is 1. The summed E-state index contributed by atoms with van der Waals surface area (Å²) in [4.78, 5) is 0. The van der Waals surface area contributed by atoms with Crippen LogP contribution in [0.1, 0.15) is 51.9 Å². The van der Waals surface area contributed by atoms with Crippen LogP contribution in [0.5, 0.6) is 0 Å². The van der Waals surface area contributed by atoms with Gasteiger partial charge in [-0.25, -0.2) is 0 Å². The maximum atomic E-state index is 10.1. The molecule has 2 aliphatic carbocycles. The van der Waals surface area contributed by atoms with Crippen LogP contribution in [0.25, 0.3) is 0 Å². The Bertz CT molecular complexity index is 153. The van der Waals surface area contributed by atoms with Crippen molar-refractivity contribution in [1.29, 1.82) is 0 Å². The van der Waals surface area contributed by atoms with Gasteiger partial charge < -0.3 is 5.11 Å². The molecule has 2 saturated carbocycles. The maximum absolute atomic E-state index is 10.1. The summed E-state index contributed by atoms with van der Waals surface area (Å²) in [5.41, 5.74) is 0.359. The summed E-state index contributed by atoms with van der Waals surface area (Å²) in [5, 5.41) is 10.1. The molecule has 0 aromatic heterocycles. The zero-order valence-electron chi connectivity index (χ0n) is 8.05. The van der Waals surface area contributed by atoms with Crippen LogP contribution >= 0.6 is 0 Å². The standard InChI is InChI=1S/C11H20O/c1-9-5-8-11(10(9)12)6-3-2-4-7-11/h9-10,12H,2-8H2,1H3/t9-,10+/m1/s1. The van der Waals surface area contributed by atoms with Crippen LogP contribution in [-0.2, 0) is 0 Å². The average molecular weight is 168 g/mol.